The average Bonchev–Trinajstić information content (AvgIpc) is 3.03. The van der Waals surface area contributed by atoms with Gasteiger partial charge in [0.15, 0.2) is 0 Å². The van der Waals surface area contributed by atoms with Crippen molar-refractivity contribution in [1.29, 1.82) is 0 Å². The maximum Gasteiger partial charge on any atom is 0.317 e. The molecule has 0 saturated carbocycles. The molecule has 0 radical (unpaired) electrons. The van der Waals surface area contributed by atoms with Gasteiger partial charge in [-0.15, -0.1) is 0 Å². The van der Waals surface area contributed by atoms with E-state index in [1.807, 2.05) is 49.9 Å². The van der Waals surface area contributed by atoms with Crippen molar-refractivity contribution in [3.63, 3.8) is 0 Å². The summed E-state index contributed by atoms with van der Waals surface area (Å²) >= 11 is 0. The number of piperidine rings is 1. The number of rotatable bonds is 3. The number of carbonyl (C=O) groups excluding carboxylic acids is 2. The molecule has 2 aliphatic heterocycles. The van der Waals surface area contributed by atoms with Gasteiger partial charge in [0.2, 0.25) is 5.91 Å². The van der Waals surface area contributed by atoms with Crippen LogP contribution >= 0.6 is 0 Å². The van der Waals surface area contributed by atoms with Crippen molar-refractivity contribution in [1.82, 2.24) is 15.1 Å². The SMILES string of the molecule is COc1cccc(CN2CCCC3(CCN(C(=O)NC(C)(C)C)C3)C2=O)c1. The molecule has 2 fully saturated rings. The molecule has 6 nitrogen and oxygen atoms in total. The Morgan fingerprint density at radius 1 is 1.26 bits per heavy atom. The lowest BCUT2D eigenvalue weighted by atomic mass is 9.78. The molecule has 2 aliphatic rings. The molecule has 1 aromatic carbocycles. The molecule has 1 aromatic rings. The first-order valence-electron chi connectivity index (χ1n) is 9.72. The zero-order chi connectivity index (χ0) is 19.7. The molecule has 1 spiro atoms. The second-order valence-corrected chi connectivity index (χ2v) is 8.81. The summed E-state index contributed by atoms with van der Waals surface area (Å²) < 4.78 is 5.29. The van der Waals surface area contributed by atoms with Crippen molar-refractivity contribution in [2.45, 2.75) is 52.1 Å². The van der Waals surface area contributed by atoms with Crippen LogP contribution in [0.1, 0.15) is 45.6 Å². The van der Waals surface area contributed by atoms with E-state index in [1.165, 1.54) is 0 Å². The van der Waals surface area contributed by atoms with Crippen molar-refractivity contribution < 1.29 is 14.3 Å². The summed E-state index contributed by atoms with van der Waals surface area (Å²) in [5.41, 5.74) is 0.369. The van der Waals surface area contributed by atoms with E-state index < -0.39 is 5.41 Å². The van der Waals surface area contributed by atoms with Crippen molar-refractivity contribution >= 4 is 11.9 Å². The smallest absolute Gasteiger partial charge is 0.317 e. The highest BCUT2D eigenvalue weighted by Crippen LogP contribution is 2.40. The lowest BCUT2D eigenvalue weighted by Crippen LogP contribution is -2.52. The molecule has 1 N–H and O–H groups in total. The van der Waals surface area contributed by atoms with E-state index in [0.717, 1.165) is 37.1 Å². The Kier molecular flexibility index (Phi) is 5.36. The van der Waals surface area contributed by atoms with E-state index in [0.29, 0.717) is 19.6 Å². The van der Waals surface area contributed by atoms with E-state index in [2.05, 4.69) is 5.32 Å². The highest BCUT2D eigenvalue weighted by molar-refractivity contribution is 5.86. The minimum atomic E-state index is -0.424. The third kappa shape index (κ3) is 4.37. The zero-order valence-electron chi connectivity index (χ0n) is 16.9. The molecule has 148 valence electrons. The molecular weight excluding hydrogens is 342 g/mol. The Bertz CT molecular complexity index is 713. The number of nitrogens with zero attached hydrogens (tertiary/aromatic N) is 2. The first-order valence-corrected chi connectivity index (χ1v) is 9.72. The van der Waals surface area contributed by atoms with Crippen molar-refractivity contribution in [2.75, 3.05) is 26.7 Å². The monoisotopic (exact) mass is 373 g/mol. The van der Waals surface area contributed by atoms with Gasteiger partial charge in [-0.25, -0.2) is 4.79 Å². The van der Waals surface area contributed by atoms with Crippen LogP contribution in [-0.2, 0) is 11.3 Å². The van der Waals surface area contributed by atoms with Crippen molar-refractivity contribution in [3.8, 4) is 5.75 Å². The molecule has 0 aliphatic carbocycles. The number of amides is 3. The molecule has 6 heteroatoms. The van der Waals surface area contributed by atoms with Crippen LogP contribution in [0.2, 0.25) is 0 Å². The molecule has 2 saturated heterocycles. The van der Waals surface area contributed by atoms with E-state index >= 15 is 0 Å². The highest BCUT2D eigenvalue weighted by atomic mass is 16.5. The van der Waals surface area contributed by atoms with Crippen LogP contribution in [0.4, 0.5) is 4.79 Å². The average molecular weight is 373 g/mol. The zero-order valence-corrected chi connectivity index (χ0v) is 16.9. The molecule has 3 amide bonds. The predicted octanol–water partition coefficient (Wildman–Crippen LogP) is 3.02. The van der Waals surface area contributed by atoms with E-state index in [1.54, 1.807) is 12.0 Å². The van der Waals surface area contributed by atoms with Crippen LogP contribution in [0.5, 0.6) is 5.75 Å². The van der Waals surface area contributed by atoms with Crippen molar-refractivity contribution in [2.24, 2.45) is 5.41 Å². The third-order valence-electron chi connectivity index (χ3n) is 5.45. The number of hydrogen-bond donors (Lipinski definition) is 1. The number of ether oxygens (including phenoxy) is 1. The molecule has 3 rings (SSSR count). The fourth-order valence-electron chi connectivity index (χ4n) is 4.12. The maximum absolute atomic E-state index is 13.3. The second-order valence-electron chi connectivity index (χ2n) is 8.81. The van der Waals surface area contributed by atoms with Gasteiger partial charge in [-0.05, 0) is 57.7 Å². The lowest BCUT2D eigenvalue weighted by molar-refractivity contribution is -0.146. The second kappa shape index (κ2) is 7.41. The van der Waals surface area contributed by atoms with Crippen molar-refractivity contribution in [3.05, 3.63) is 29.8 Å². The minimum Gasteiger partial charge on any atom is -0.497 e. The van der Waals surface area contributed by atoms with Gasteiger partial charge in [0.25, 0.3) is 0 Å². The molecule has 27 heavy (non-hydrogen) atoms. The standard InChI is InChI=1S/C21H31N3O3/c1-20(2,3)22-19(26)24-12-10-21(15-24)9-6-11-23(18(21)25)14-16-7-5-8-17(13-16)27-4/h5,7-8,13H,6,9-12,14-15H2,1-4H3,(H,22,26). The molecule has 0 aromatic heterocycles. The lowest BCUT2D eigenvalue weighted by Gasteiger charge is -2.39. The molecule has 1 atom stereocenters. The van der Waals surface area contributed by atoms with Crippen LogP contribution < -0.4 is 10.1 Å². The normalized spacial score (nSPS) is 23.0. The van der Waals surface area contributed by atoms with Crippen LogP contribution in [0.3, 0.4) is 0 Å². The number of likely N-dealkylation sites (tertiary alicyclic amines) is 2. The Hall–Kier alpha value is -2.24. The summed E-state index contributed by atoms with van der Waals surface area (Å²) in [4.78, 5) is 29.6. The van der Waals surface area contributed by atoms with Gasteiger partial charge in [0.1, 0.15) is 5.75 Å². The Morgan fingerprint density at radius 2 is 2.04 bits per heavy atom. The van der Waals surface area contributed by atoms with Gasteiger partial charge >= 0.3 is 6.03 Å². The van der Waals surface area contributed by atoms with E-state index in [4.69, 9.17) is 4.74 Å². The number of hydrogen-bond acceptors (Lipinski definition) is 3. The Morgan fingerprint density at radius 3 is 2.74 bits per heavy atom. The summed E-state index contributed by atoms with van der Waals surface area (Å²) in [6, 6.07) is 7.79. The van der Waals surface area contributed by atoms with Crippen LogP contribution in [0, 0.1) is 5.41 Å². The molecule has 2 heterocycles. The van der Waals surface area contributed by atoms with Gasteiger partial charge in [0, 0.05) is 31.7 Å². The Labute approximate surface area is 161 Å². The summed E-state index contributed by atoms with van der Waals surface area (Å²) in [6.45, 7) is 8.43. The third-order valence-corrected chi connectivity index (χ3v) is 5.45. The van der Waals surface area contributed by atoms with Gasteiger partial charge in [-0.3, -0.25) is 4.79 Å². The minimum absolute atomic E-state index is 0.0721. The number of carbonyl (C=O) groups is 2. The van der Waals surface area contributed by atoms with Gasteiger partial charge in [-0.2, -0.15) is 0 Å². The highest BCUT2D eigenvalue weighted by Gasteiger charge is 2.49. The number of urea groups is 1. The van der Waals surface area contributed by atoms with E-state index in [-0.39, 0.29) is 17.5 Å². The first-order chi connectivity index (χ1) is 12.7. The number of nitrogens with one attached hydrogen (secondary N) is 1. The largest absolute Gasteiger partial charge is 0.497 e. The van der Waals surface area contributed by atoms with Gasteiger partial charge in [-0.1, -0.05) is 12.1 Å². The fourth-order valence-corrected chi connectivity index (χ4v) is 4.12. The molecule has 1 unspecified atom stereocenters. The Balaban J connectivity index is 1.68. The van der Waals surface area contributed by atoms with Crippen LogP contribution in [0.25, 0.3) is 0 Å². The summed E-state index contributed by atoms with van der Waals surface area (Å²) in [6.07, 6.45) is 2.59. The van der Waals surface area contributed by atoms with E-state index in [9.17, 15) is 9.59 Å². The fraction of sp³-hybridized carbons (Fsp3) is 0.619. The predicted molar refractivity (Wildman–Crippen MR) is 105 cm³/mol. The van der Waals surface area contributed by atoms with Gasteiger partial charge < -0.3 is 19.9 Å². The van der Waals surface area contributed by atoms with Crippen LogP contribution in [-0.4, -0.2) is 54.0 Å². The molecule has 0 bridgehead atoms. The first kappa shape index (κ1) is 19.5. The molecular formula is C21H31N3O3. The quantitative estimate of drug-likeness (QED) is 0.886. The number of methoxy groups -OCH3 is 1. The summed E-state index contributed by atoms with van der Waals surface area (Å²) in [5.74, 6) is 0.986. The maximum atomic E-state index is 13.3. The van der Waals surface area contributed by atoms with Crippen LogP contribution in [0.15, 0.2) is 24.3 Å². The topological polar surface area (TPSA) is 61.9 Å². The number of benzene rings is 1. The van der Waals surface area contributed by atoms with Gasteiger partial charge in [0.05, 0.1) is 12.5 Å². The summed E-state index contributed by atoms with van der Waals surface area (Å²) in [7, 11) is 1.65. The summed E-state index contributed by atoms with van der Waals surface area (Å²) in [5, 5.41) is 3.01.